The van der Waals surface area contributed by atoms with E-state index in [4.69, 9.17) is 15.3 Å². The minimum atomic E-state index is -1.06. The minimum Gasteiger partial charge on any atom is -0.483 e. The zero-order chi connectivity index (χ0) is 30.6. The van der Waals surface area contributed by atoms with Crippen LogP contribution in [-0.2, 0) is 18.0 Å². The van der Waals surface area contributed by atoms with Gasteiger partial charge in [0.05, 0.1) is 18.0 Å². The number of carbonyl (C=O) groups is 2. The highest BCUT2D eigenvalue weighted by molar-refractivity contribution is 8.01. The Balaban J connectivity index is 1.44. The summed E-state index contributed by atoms with van der Waals surface area (Å²) in [6.45, 7) is 3.56. The number of hydrogen-bond acceptors (Lipinski definition) is 7. The van der Waals surface area contributed by atoms with E-state index < -0.39 is 51.0 Å². The highest BCUT2D eigenvalue weighted by atomic mass is 32.2. The van der Waals surface area contributed by atoms with Gasteiger partial charge in [-0.1, -0.05) is 30.3 Å². The van der Waals surface area contributed by atoms with Crippen LogP contribution in [0.2, 0.25) is 0 Å². The Morgan fingerprint density at radius 3 is 2.51 bits per heavy atom. The molecular formula is C30H29F3N4O5S. The Bertz CT molecular complexity index is 1650. The number of carbonyl (C=O) groups excluding carboxylic acids is 2. The van der Waals surface area contributed by atoms with E-state index in [1.807, 2.05) is 32.0 Å². The first kappa shape index (κ1) is 29.3. The Kier molecular flexibility index (Phi) is 7.51. The van der Waals surface area contributed by atoms with Crippen molar-refractivity contribution in [3.63, 3.8) is 0 Å². The Morgan fingerprint density at radius 2 is 1.84 bits per heavy atom. The predicted molar refractivity (Wildman–Crippen MR) is 151 cm³/mol. The average molecular weight is 615 g/mol. The van der Waals surface area contributed by atoms with Crippen molar-refractivity contribution in [2.75, 3.05) is 6.54 Å². The number of halogens is 3. The SMILES string of the molecule is CC1S[C@]2(CC[C@H](C)N3C[C@H]2n2cc(C(N)=O)c(=O)c(OCc4ccccc4)c2C3=O)ON1Cc1c(F)cc(F)cc1F. The number of thioether (sulfide) groups is 1. The molecule has 2 saturated heterocycles. The van der Waals surface area contributed by atoms with Gasteiger partial charge >= 0.3 is 0 Å². The van der Waals surface area contributed by atoms with Gasteiger partial charge in [0.1, 0.15) is 29.6 Å². The lowest BCUT2D eigenvalue weighted by Crippen LogP contribution is -2.52. The normalized spacial score (nSPS) is 25.1. The lowest BCUT2D eigenvalue weighted by Gasteiger charge is -2.42. The van der Waals surface area contributed by atoms with E-state index >= 15 is 0 Å². The summed E-state index contributed by atoms with van der Waals surface area (Å²) in [5.41, 5.74) is 4.85. The third-order valence-electron chi connectivity index (χ3n) is 8.27. The third kappa shape index (κ3) is 5.08. The summed E-state index contributed by atoms with van der Waals surface area (Å²) in [5.74, 6) is -4.78. The summed E-state index contributed by atoms with van der Waals surface area (Å²) < 4.78 is 50.2. The molecule has 13 heteroatoms. The van der Waals surface area contributed by atoms with Crippen molar-refractivity contribution in [1.29, 1.82) is 0 Å². The predicted octanol–water partition coefficient (Wildman–Crippen LogP) is 4.35. The summed E-state index contributed by atoms with van der Waals surface area (Å²) in [6, 6.07) is 9.42. The third-order valence-corrected chi connectivity index (χ3v) is 9.80. The number of ether oxygens (including phenoxy) is 1. The van der Waals surface area contributed by atoms with Crippen molar-refractivity contribution in [3.05, 3.63) is 98.7 Å². The van der Waals surface area contributed by atoms with E-state index in [0.717, 1.165) is 5.56 Å². The molecule has 1 unspecified atom stereocenters. The molecule has 0 saturated carbocycles. The van der Waals surface area contributed by atoms with Crippen LogP contribution in [0, 0.1) is 17.5 Å². The molecule has 226 valence electrons. The number of hydroxylamine groups is 2. The summed E-state index contributed by atoms with van der Waals surface area (Å²) >= 11 is 1.41. The second-order valence-electron chi connectivity index (χ2n) is 11.0. The first-order chi connectivity index (χ1) is 20.5. The lowest BCUT2D eigenvalue weighted by molar-refractivity contribution is -0.219. The van der Waals surface area contributed by atoms with Gasteiger partial charge in [0.15, 0.2) is 16.4 Å². The number of nitrogens with two attached hydrogens (primary N) is 1. The Morgan fingerprint density at radius 1 is 1.14 bits per heavy atom. The van der Waals surface area contributed by atoms with Gasteiger partial charge in [0, 0.05) is 36.5 Å². The molecule has 6 rings (SSSR count). The minimum absolute atomic E-state index is 0.0266. The van der Waals surface area contributed by atoms with Gasteiger partial charge in [-0.25, -0.2) is 13.2 Å². The number of primary amides is 1. The van der Waals surface area contributed by atoms with E-state index in [9.17, 15) is 27.6 Å². The highest BCUT2D eigenvalue weighted by Crippen LogP contribution is 2.54. The topological polar surface area (TPSA) is 107 Å². The fraction of sp³-hybridized carbons (Fsp3) is 0.367. The smallest absolute Gasteiger partial charge is 0.274 e. The molecule has 4 heterocycles. The fourth-order valence-corrected chi connectivity index (χ4v) is 7.52. The van der Waals surface area contributed by atoms with Gasteiger partial charge in [-0.2, -0.15) is 5.06 Å². The molecular weight excluding hydrogens is 585 g/mol. The van der Waals surface area contributed by atoms with Crippen LogP contribution in [0.5, 0.6) is 5.75 Å². The van der Waals surface area contributed by atoms with Crippen LogP contribution < -0.4 is 15.9 Å². The lowest BCUT2D eigenvalue weighted by atomic mass is 10.0. The maximum atomic E-state index is 14.6. The van der Waals surface area contributed by atoms with Gasteiger partial charge in [0.25, 0.3) is 11.8 Å². The van der Waals surface area contributed by atoms with Crippen LogP contribution in [0.15, 0.2) is 53.5 Å². The molecule has 2 aromatic carbocycles. The number of benzene rings is 2. The molecule has 2 fully saturated rings. The zero-order valence-corrected chi connectivity index (χ0v) is 24.2. The number of aromatic nitrogens is 1. The molecule has 2 N–H and O–H groups in total. The number of rotatable bonds is 6. The standard InChI is InChI=1S/C30H29F3N4O5S/c1-16-8-9-30(42-37(17(2)43-30)13-20-22(32)10-19(31)11-23(20)33)24-14-35(16)29(40)25-27(41-15-18-6-4-3-5-7-18)26(38)21(28(34)39)12-36(24)25/h3-7,10-12,16-17,24H,8-9,13-15H2,1-2H3,(H2,34,39)/t16-,17?,24+,30-/m0/s1. The van der Waals surface area contributed by atoms with Crippen molar-refractivity contribution in [2.45, 2.75) is 62.2 Å². The van der Waals surface area contributed by atoms with E-state index in [0.29, 0.717) is 25.0 Å². The molecule has 0 aliphatic carbocycles. The summed E-state index contributed by atoms with van der Waals surface area (Å²) in [4.78, 5) is 47.0. The number of hydrogen-bond donors (Lipinski definition) is 1. The fourth-order valence-electron chi connectivity index (χ4n) is 5.98. The molecule has 1 spiro atoms. The van der Waals surface area contributed by atoms with E-state index in [1.165, 1.54) is 23.0 Å². The first-order valence-corrected chi connectivity index (χ1v) is 14.7. The van der Waals surface area contributed by atoms with Crippen molar-refractivity contribution >= 4 is 23.6 Å². The van der Waals surface area contributed by atoms with E-state index in [-0.39, 0.29) is 48.3 Å². The quantitative estimate of drug-likeness (QED) is 0.440. The van der Waals surface area contributed by atoms with Gasteiger partial charge in [-0.15, -0.1) is 11.8 Å². The van der Waals surface area contributed by atoms with Gasteiger partial charge < -0.3 is 19.9 Å². The monoisotopic (exact) mass is 614 g/mol. The Hall–Kier alpha value is -3.81. The second-order valence-corrected chi connectivity index (χ2v) is 12.6. The summed E-state index contributed by atoms with van der Waals surface area (Å²) in [7, 11) is 0. The maximum absolute atomic E-state index is 14.6. The molecule has 4 atom stereocenters. The van der Waals surface area contributed by atoms with Crippen LogP contribution in [0.25, 0.3) is 0 Å². The summed E-state index contributed by atoms with van der Waals surface area (Å²) in [5, 5.41) is 1.03. The van der Waals surface area contributed by atoms with Crippen LogP contribution >= 0.6 is 11.8 Å². The number of fused-ring (bicyclic) bond motifs is 5. The molecule has 1 aromatic heterocycles. The molecule has 43 heavy (non-hydrogen) atoms. The second kappa shape index (κ2) is 11.0. The molecule has 2 bridgehead atoms. The molecule has 3 aliphatic heterocycles. The number of amides is 2. The molecule has 3 aromatic rings. The number of nitrogens with zero attached hydrogens (tertiary/aromatic N) is 3. The largest absolute Gasteiger partial charge is 0.483 e. The van der Waals surface area contributed by atoms with Gasteiger partial charge in [0.2, 0.25) is 5.43 Å². The maximum Gasteiger partial charge on any atom is 0.274 e. The van der Waals surface area contributed by atoms with Crippen LogP contribution in [-0.4, -0.2) is 49.2 Å². The Labute approximate surface area is 249 Å². The molecule has 9 nitrogen and oxygen atoms in total. The van der Waals surface area contributed by atoms with Crippen LogP contribution in [0.3, 0.4) is 0 Å². The van der Waals surface area contributed by atoms with E-state index in [2.05, 4.69) is 0 Å². The van der Waals surface area contributed by atoms with Crippen molar-refractivity contribution in [1.82, 2.24) is 14.5 Å². The summed E-state index contributed by atoms with van der Waals surface area (Å²) in [6.07, 6.45) is 2.24. The molecule has 3 aliphatic rings. The van der Waals surface area contributed by atoms with Crippen molar-refractivity contribution < 1.29 is 32.3 Å². The average Bonchev–Trinajstić information content (AvgIpc) is 3.22. The number of pyridine rings is 1. The van der Waals surface area contributed by atoms with Gasteiger partial charge in [-0.3, -0.25) is 19.2 Å². The highest BCUT2D eigenvalue weighted by Gasteiger charge is 2.56. The first-order valence-electron chi connectivity index (χ1n) is 13.8. The zero-order valence-electron chi connectivity index (χ0n) is 23.4. The van der Waals surface area contributed by atoms with Crippen LogP contribution in [0.4, 0.5) is 13.2 Å². The van der Waals surface area contributed by atoms with Gasteiger partial charge in [-0.05, 0) is 32.3 Å². The van der Waals surface area contributed by atoms with Crippen molar-refractivity contribution in [2.24, 2.45) is 5.73 Å². The molecule has 2 amide bonds. The van der Waals surface area contributed by atoms with Crippen molar-refractivity contribution in [3.8, 4) is 5.75 Å². The van der Waals surface area contributed by atoms with E-state index in [1.54, 1.807) is 21.6 Å². The molecule has 0 radical (unpaired) electrons. The van der Waals surface area contributed by atoms with Crippen LogP contribution in [0.1, 0.15) is 64.7 Å².